The summed E-state index contributed by atoms with van der Waals surface area (Å²) in [4.78, 5) is 1.35. The van der Waals surface area contributed by atoms with E-state index in [1.54, 1.807) is 0 Å². The van der Waals surface area contributed by atoms with Crippen LogP contribution < -0.4 is 14.4 Å². The van der Waals surface area contributed by atoms with Crippen LogP contribution in [0.15, 0.2) is 18.2 Å². The molecule has 0 aliphatic carbocycles. The highest BCUT2D eigenvalue weighted by atomic mass is 19.4. The van der Waals surface area contributed by atoms with Gasteiger partial charge in [-0.25, -0.2) is 4.39 Å². The van der Waals surface area contributed by atoms with Crippen LogP contribution >= 0.6 is 0 Å². The molecule has 0 amide bonds. The van der Waals surface area contributed by atoms with Crippen LogP contribution in [-0.2, 0) is 0 Å². The van der Waals surface area contributed by atoms with Crippen molar-refractivity contribution in [3.63, 3.8) is 0 Å². The third kappa shape index (κ3) is 3.69. The number of nitrogens with zero attached hydrogens (tertiary/aromatic N) is 1. The molecule has 0 aliphatic heterocycles. The summed E-state index contributed by atoms with van der Waals surface area (Å²) in [6.45, 7) is -1.13. The fourth-order valence-electron chi connectivity index (χ4n) is 1.33. The van der Waals surface area contributed by atoms with Gasteiger partial charge in [0.2, 0.25) is 6.86 Å². The van der Waals surface area contributed by atoms with E-state index in [9.17, 15) is 17.6 Å². The lowest BCUT2D eigenvalue weighted by atomic mass is 10.2. The van der Waals surface area contributed by atoms with Crippen molar-refractivity contribution in [2.75, 3.05) is 25.9 Å². The lowest BCUT2D eigenvalue weighted by Gasteiger charge is -2.21. The first kappa shape index (κ1) is 13.4. The van der Waals surface area contributed by atoms with Crippen molar-refractivity contribution < 1.29 is 27.0 Å². The van der Waals surface area contributed by atoms with E-state index < -0.39 is 19.0 Å². The van der Waals surface area contributed by atoms with Crippen molar-refractivity contribution in [1.29, 1.82) is 0 Å². The molecule has 0 spiro atoms. The number of benzene rings is 1. The second-order valence-electron chi connectivity index (χ2n) is 3.30. The fraction of sp³-hybridized carbons (Fsp3) is 0.400. The lowest BCUT2D eigenvalue weighted by molar-refractivity contribution is -0.274. The van der Waals surface area contributed by atoms with E-state index in [0.717, 1.165) is 6.07 Å². The highest BCUT2D eigenvalue weighted by molar-refractivity contribution is 5.67. The zero-order valence-electron chi connectivity index (χ0n) is 9.21. The molecule has 0 heterocycles. The van der Waals surface area contributed by atoms with Crippen molar-refractivity contribution in [2.45, 2.75) is 6.36 Å². The Balaban J connectivity index is 3.15. The predicted octanol–water partition coefficient (Wildman–Crippen LogP) is 2.96. The van der Waals surface area contributed by atoms with E-state index in [0.29, 0.717) is 0 Å². The topological polar surface area (TPSA) is 21.7 Å². The summed E-state index contributed by atoms with van der Waals surface area (Å²) in [7, 11) is 3.01. The quantitative estimate of drug-likeness (QED) is 0.770. The number of para-hydroxylation sites is 1. The first-order valence-corrected chi connectivity index (χ1v) is 4.60. The van der Waals surface area contributed by atoms with Crippen LogP contribution in [0.3, 0.4) is 0 Å². The van der Waals surface area contributed by atoms with E-state index in [1.807, 2.05) is 0 Å². The molecular weight excluding hydrogens is 242 g/mol. The minimum atomic E-state index is -4.81. The van der Waals surface area contributed by atoms with Gasteiger partial charge in [0.1, 0.15) is 11.4 Å². The Bertz CT molecular complexity index is 379. The van der Waals surface area contributed by atoms with E-state index >= 15 is 0 Å². The standard InChI is InChI=1S/C10H11F4NO2/c1-15(2)9-7(16-6-11)4-3-5-8(9)17-10(12,13)14/h3-5H,6H2,1-2H3. The Morgan fingerprint density at radius 1 is 1.18 bits per heavy atom. The SMILES string of the molecule is CN(C)c1c(OCF)cccc1OC(F)(F)F. The molecule has 0 atom stereocenters. The van der Waals surface area contributed by atoms with E-state index in [4.69, 9.17) is 0 Å². The van der Waals surface area contributed by atoms with E-state index in [1.165, 1.54) is 31.1 Å². The number of hydrogen-bond donors (Lipinski definition) is 0. The Hall–Kier alpha value is -1.66. The van der Waals surface area contributed by atoms with Gasteiger partial charge in [-0.2, -0.15) is 0 Å². The summed E-state index contributed by atoms with van der Waals surface area (Å²) >= 11 is 0. The van der Waals surface area contributed by atoms with Crippen molar-refractivity contribution in [2.24, 2.45) is 0 Å². The maximum Gasteiger partial charge on any atom is 0.573 e. The van der Waals surface area contributed by atoms with Gasteiger partial charge in [-0.3, -0.25) is 0 Å². The highest BCUT2D eigenvalue weighted by Gasteiger charge is 2.33. The van der Waals surface area contributed by atoms with Crippen molar-refractivity contribution in [3.8, 4) is 11.5 Å². The Morgan fingerprint density at radius 2 is 1.76 bits per heavy atom. The molecule has 0 saturated carbocycles. The number of anilines is 1. The van der Waals surface area contributed by atoms with Crippen LogP contribution in [0.4, 0.5) is 23.2 Å². The molecule has 7 heteroatoms. The number of ether oxygens (including phenoxy) is 2. The van der Waals surface area contributed by atoms with Crippen LogP contribution in [0.2, 0.25) is 0 Å². The zero-order chi connectivity index (χ0) is 13.1. The summed E-state index contributed by atoms with van der Waals surface area (Å²) in [5.74, 6) is -0.451. The number of halogens is 4. The second kappa shape index (κ2) is 5.11. The van der Waals surface area contributed by atoms with Crippen LogP contribution in [-0.4, -0.2) is 27.3 Å². The van der Waals surface area contributed by atoms with Crippen molar-refractivity contribution in [3.05, 3.63) is 18.2 Å². The average molecular weight is 253 g/mol. The second-order valence-corrected chi connectivity index (χ2v) is 3.30. The normalized spacial score (nSPS) is 11.2. The maximum atomic E-state index is 12.1. The average Bonchev–Trinajstić information content (AvgIpc) is 2.15. The van der Waals surface area contributed by atoms with Crippen LogP contribution in [0, 0.1) is 0 Å². The highest BCUT2D eigenvalue weighted by Crippen LogP contribution is 2.39. The first-order valence-electron chi connectivity index (χ1n) is 4.60. The summed E-state index contributed by atoms with van der Waals surface area (Å²) in [6, 6.07) is 3.78. The summed E-state index contributed by atoms with van der Waals surface area (Å²) in [5.41, 5.74) is 0.0301. The van der Waals surface area contributed by atoms with Crippen molar-refractivity contribution >= 4 is 5.69 Å². The summed E-state index contributed by atoms with van der Waals surface area (Å²) in [6.07, 6.45) is -4.81. The smallest absolute Gasteiger partial charge is 0.461 e. The predicted molar refractivity (Wildman–Crippen MR) is 54.1 cm³/mol. The molecule has 0 aliphatic rings. The van der Waals surface area contributed by atoms with Crippen LogP contribution in [0.25, 0.3) is 0 Å². The van der Waals surface area contributed by atoms with Gasteiger partial charge in [-0.05, 0) is 12.1 Å². The maximum absolute atomic E-state index is 12.1. The zero-order valence-corrected chi connectivity index (χ0v) is 9.21. The van der Waals surface area contributed by atoms with Crippen LogP contribution in [0.5, 0.6) is 11.5 Å². The Kier molecular flexibility index (Phi) is 4.03. The van der Waals surface area contributed by atoms with Gasteiger partial charge in [0.25, 0.3) is 0 Å². The monoisotopic (exact) mass is 253 g/mol. The molecule has 17 heavy (non-hydrogen) atoms. The summed E-state index contributed by atoms with van der Waals surface area (Å²) in [5, 5.41) is 0. The third-order valence-corrected chi connectivity index (χ3v) is 1.84. The molecule has 0 bridgehead atoms. The largest absolute Gasteiger partial charge is 0.573 e. The third-order valence-electron chi connectivity index (χ3n) is 1.84. The molecule has 0 radical (unpaired) electrons. The minimum absolute atomic E-state index is 0.0146. The molecule has 1 aromatic rings. The molecule has 1 aromatic carbocycles. The molecule has 0 saturated heterocycles. The first-order chi connectivity index (χ1) is 7.85. The van der Waals surface area contributed by atoms with Gasteiger partial charge in [0.05, 0.1) is 0 Å². The lowest BCUT2D eigenvalue weighted by Crippen LogP contribution is -2.20. The molecule has 0 N–H and O–H groups in total. The van der Waals surface area contributed by atoms with Gasteiger partial charge >= 0.3 is 6.36 Å². The number of hydrogen-bond acceptors (Lipinski definition) is 3. The van der Waals surface area contributed by atoms with Gasteiger partial charge in [0, 0.05) is 14.1 Å². The summed E-state index contributed by atoms with van der Waals surface area (Å²) < 4.78 is 57.0. The fourth-order valence-corrected chi connectivity index (χ4v) is 1.33. The number of rotatable bonds is 4. The molecule has 0 aromatic heterocycles. The molecule has 1 rings (SSSR count). The van der Waals surface area contributed by atoms with Gasteiger partial charge in [0.15, 0.2) is 5.75 Å². The molecule has 96 valence electrons. The Morgan fingerprint density at radius 3 is 2.24 bits per heavy atom. The molecule has 3 nitrogen and oxygen atoms in total. The molecule has 0 unspecified atom stereocenters. The van der Waals surface area contributed by atoms with E-state index in [-0.39, 0.29) is 11.4 Å². The van der Waals surface area contributed by atoms with Crippen molar-refractivity contribution in [1.82, 2.24) is 0 Å². The van der Waals surface area contributed by atoms with Gasteiger partial charge in [-0.1, -0.05) is 6.07 Å². The number of alkyl halides is 4. The Labute approximate surface area is 95.5 Å². The molecule has 0 fully saturated rings. The molecular formula is C10H11F4NO2. The van der Waals surface area contributed by atoms with Gasteiger partial charge < -0.3 is 14.4 Å². The van der Waals surface area contributed by atoms with E-state index in [2.05, 4.69) is 9.47 Å². The van der Waals surface area contributed by atoms with Crippen LogP contribution in [0.1, 0.15) is 0 Å². The minimum Gasteiger partial charge on any atom is -0.461 e. The van der Waals surface area contributed by atoms with Gasteiger partial charge in [-0.15, -0.1) is 13.2 Å².